The van der Waals surface area contributed by atoms with Crippen LogP contribution >= 0.6 is 12.4 Å². The molecular weight excluding hydrogens is 597 g/mol. The number of carbonyl (C=O) groups excluding carboxylic acids is 3. The van der Waals surface area contributed by atoms with E-state index in [4.69, 9.17) is 10.5 Å². The maximum absolute atomic E-state index is 14.0. The lowest BCUT2D eigenvalue weighted by Gasteiger charge is -2.36. The molecule has 242 valence electrons. The first kappa shape index (κ1) is 32.6. The van der Waals surface area contributed by atoms with Crippen LogP contribution in [0.5, 0.6) is 0 Å². The van der Waals surface area contributed by atoms with Crippen molar-refractivity contribution in [2.24, 2.45) is 29.4 Å². The summed E-state index contributed by atoms with van der Waals surface area (Å²) in [6.07, 6.45) is 9.02. The molecule has 12 heteroatoms. The van der Waals surface area contributed by atoms with Gasteiger partial charge >= 0.3 is 5.97 Å². The maximum Gasteiger partial charge on any atom is 0.357 e. The second-order valence-corrected chi connectivity index (χ2v) is 13.0. The van der Waals surface area contributed by atoms with Gasteiger partial charge in [-0.15, -0.1) is 12.4 Å². The molecule has 1 aromatic heterocycles. The number of hydrogen-bond donors (Lipinski definition) is 2. The van der Waals surface area contributed by atoms with Gasteiger partial charge in [-0.1, -0.05) is 32.1 Å². The van der Waals surface area contributed by atoms with Crippen molar-refractivity contribution in [1.82, 2.24) is 9.47 Å². The molecule has 1 aromatic carbocycles. The van der Waals surface area contributed by atoms with Gasteiger partial charge in [0.2, 0.25) is 17.5 Å². The summed E-state index contributed by atoms with van der Waals surface area (Å²) >= 11 is 0. The van der Waals surface area contributed by atoms with E-state index in [-0.39, 0.29) is 47.7 Å². The molecule has 0 spiro atoms. The lowest BCUT2D eigenvalue weighted by atomic mass is 9.76. The van der Waals surface area contributed by atoms with Gasteiger partial charge in [0.05, 0.1) is 5.52 Å². The van der Waals surface area contributed by atoms with Crippen LogP contribution in [0.3, 0.4) is 0 Å². The van der Waals surface area contributed by atoms with E-state index in [0.717, 1.165) is 32.1 Å². The van der Waals surface area contributed by atoms with Gasteiger partial charge in [0.1, 0.15) is 18.4 Å². The van der Waals surface area contributed by atoms with Crippen LogP contribution in [0, 0.1) is 23.7 Å². The number of halogens is 4. The fourth-order valence-electron chi connectivity index (χ4n) is 8.19. The Bertz CT molecular complexity index is 1370. The van der Waals surface area contributed by atoms with Gasteiger partial charge in [-0.3, -0.25) is 14.2 Å². The maximum atomic E-state index is 14.0. The normalized spacial score (nSPS) is 27.5. The molecule has 3 fully saturated rings. The highest BCUT2D eigenvalue weighted by Crippen LogP contribution is 2.42. The van der Waals surface area contributed by atoms with Crippen LogP contribution in [-0.2, 0) is 20.1 Å². The minimum Gasteiger partial charge on any atom is -0.428 e. The second kappa shape index (κ2) is 13.3. The van der Waals surface area contributed by atoms with Gasteiger partial charge in [-0.2, -0.15) is 0 Å². The highest BCUT2D eigenvalue weighted by Gasteiger charge is 2.48. The van der Waals surface area contributed by atoms with Gasteiger partial charge in [0, 0.05) is 29.6 Å². The number of anilines is 1. The third-order valence-corrected chi connectivity index (χ3v) is 10.5. The number of ether oxygens (including phenoxy) is 1. The monoisotopic (exact) mass is 638 g/mol. The number of carbonyl (C=O) groups is 3. The smallest absolute Gasteiger partial charge is 0.357 e. The van der Waals surface area contributed by atoms with E-state index in [1.165, 1.54) is 17.1 Å². The standard InChI is InChI=1S/C32H41F3N4O4.ClH/c33-16-25(36)20-6-8-21(9-7-20)30(41)38-13-12-24(19-4-2-1-3-5-19)28(38)29(40)37-23-10-11-26-22(14-23)15-27-31(42)43-32(17-34,18-35)39(26)27;/h10-11,14-15,19-21,24-25,28H,1-9,12-13,16-18,36H2,(H,37,40);1H/t20-,21-,24-,25+,28-;/m0./s1. The Morgan fingerprint density at radius 3 is 2.36 bits per heavy atom. The Balaban J connectivity index is 0.00000384. The number of nitrogens with zero attached hydrogens (tertiary/aromatic N) is 2. The van der Waals surface area contributed by atoms with E-state index >= 15 is 0 Å². The number of nitrogens with two attached hydrogens (primary N) is 1. The summed E-state index contributed by atoms with van der Waals surface area (Å²) in [4.78, 5) is 42.1. The summed E-state index contributed by atoms with van der Waals surface area (Å²) in [5.41, 5.74) is 4.87. The molecule has 6 rings (SSSR count). The van der Waals surface area contributed by atoms with E-state index in [0.29, 0.717) is 54.7 Å². The van der Waals surface area contributed by atoms with Crippen LogP contribution in [0.4, 0.5) is 18.9 Å². The van der Waals surface area contributed by atoms with Crippen molar-refractivity contribution in [3.05, 3.63) is 30.0 Å². The molecular formula is C32H42ClF3N4O4. The van der Waals surface area contributed by atoms with Crippen LogP contribution in [0.2, 0.25) is 0 Å². The van der Waals surface area contributed by atoms with E-state index in [9.17, 15) is 27.6 Å². The fourth-order valence-corrected chi connectivity index (χ4v) is 8.19. The minimum atomic E-state index is -2.02. The third kappa shape index (κ3) is 5.70. The van der Waals surface area contributed by atoms with Crippen LogP contribution in [0.15, 0.2) is 24.3 Å². The summed E-state index contributed by atoms with van der Waals surface area (Å²) in [6.45, 7) is -2.44. The third-order valence-electron chi connectivity index (χ3n) is 10.5. The van der Waals surface area contributed by atoms with Gasteiger partial charge in [-0.05, 0) is 74.1 Å². The molecule has 3 atom stereocenters. The van der Waals surface area contributed by atoms with Gasteiger partial charge in [0.15, 0.2) is 13.3 Å². The number of esters is 1. The molecule has 0 radical (unpaired) electrons. The molecule has 2 aliphatic carbocycles. The zero-order valence-corrected chi connectivity index (χ0v) is 25.6. The fraction of sp³-hybridized carbons (Fsp3) is 0.656. The number of nitrogens with one attached hydrogen (secondary N) is 1. The number of rotatable bonds is 8. The Labute approximate surface area is 261 Å². The SMILES string of the molecule is Cl.N[C@H](CF)[C@H]1CC[C@H](C(=O)N2CC[C@@H](C3CCCCC3)[C@H]2C(=O)Nc2ccc3c(c2)cc2n3C(CF)(CF)OC2=O)CC1. The first-order chi connectivity index (χ1) is 20.8. The number of fused-ring (bicyclic) bond motifs is 3. The highest BCUT2D eigenvalue weighted by molar-refractivity contribution is 6.02. The van der Waals surface area contributed by atoms with Crippen molar-refractivity contribution >= 4 is 46.8 Å². The molecule has 4 aliphatic rings. The summed E-state index contributed by atoms with van der Waals surface area (Å²) in [6, 6.07) is 5.36. The van der Waals surface area contributed by atoms with E-state index in [1.807, 2.05) is 0 Å². The van der Waals surface area contributed by atoms with Crippen molar-refractivity contribution in [2.75, 3.05) is 31.9 Å². The van der Waals surface area contributed by atoms with Crippen molar-refractivity contribution in [1.29, 1.82) is 0 Å². The van der Waals surface area contributed by atoms with E-state index in [2.05, 4.69) is 5.32 Å². The average molecular weight is 639 g/mol. The van der Waals surface area contributed by atoms with Crippen LogP contribution in [0.25, 0.3) is 10.9 Å². The van der Waals surface area contributed by atoms with Crippen LogP contribution in [-0.4, -0.2) is 65.9 Å². The molecule has 3 heterocycles. The minimum absolute atomic E-state index is 0. The Hall–Kier alpha value is -2.79. The molecule has 8 nitrogen and oxygen atoms in total. The number of hydrogen-bond acceptors (Lipinski definition) is 5. The Kier molecular flexibility index (Phi) is 9.84. The Morgan fingerprint density at radius 2 is 1.70 bits per heavy atom. The molecule has 1 saturated heterocycles. The predicted octanol–water partition coefficient (Wildman–Crippen LogP) is 5.66. The topological polar surface area (TPSA) is 107 Å². The number of amides is 2. The van der Waals surface area contributed by atoms with Crippen molar-refractivity contribution < 1.29 is 32.3 Å². The quantitative estimate of drug-likeness (QED) is 0.363. The van der Waals surface area contributed by atoms with Crippen molar-refractivity contribution in [3.8, 4) is 0 Å². The first-order valence-electron chi connectivity index (χ1n) is 15.7. The van der Waals surface area contributed by atoms with Crippen molar-refractivity contribution in [2.45, 2.75) is 82.0 Å². The zero-order chi connectivity index (χ0) is 30.3. The summed E-state index contributed by atoms with van der Waals surface area (Å²) in [5.74, 6) is -0.735. The van der Waals surface area contributed by atoms with Gasteiger partial charge in [0.25, 0.3) is 0 Å². The summed E-state index contributed by atoms with van der Waals surface area (Å²) in [5, 5.41) is 3.57. The van der Waals surface area contributed by atoms with Crippen LogP contribution < -0.4 is 11.1 Å². The number of likely N-dealkylation sites (tertiary alicyclic amines) is 1. The van der Waals surface area contributed by atoms with Gasteiger partial charge < -0.3 is 20.7 Å². The summed E-state index contributed by atoms with van der Waals surface area (Å²) in [7, 11) is 0. The Morgan fingerprint density at radius 1 is 1.00 bits per heavy atom. The van der Waals surface area contributed by atoms with Crippen molar-refractivity contribution in [3.63, 3.8) is 0 Å². The van der Waals surface area contributed by atoms with E-state index in [1.54, 1.807) is 23.1 Å². The number of benzene rings is 1. The molecule has 0 unspecified atom stereocenters. The molecule has 3 N–H and O–H groups in total. The van der Waals surface area contributed by atoms with Crippen LogP contribution in [0.1, 0.15) is 74.7 Å². The number of alkyl halides is 3. The van der Waals surface area contributed by atoms with Gasteiger partial charge in [-0.25, -0.2) is 18.0 Å². The van der Waals surface area contributed by atoms with E-state index < -0.39 is 43.8 Å². The molecule has 2 aliphatic heterocycles. The zero-order valence-electron chi connectivity index (χ0n) is 24.8. The predicted molar refractivity (Wildman–Crippen MR) is 163 cm³/mol. The lowest BCUT2D eigenvalue weighted by Crippen LogP contribution is -2.50. The summed E-state index contributed by atoms with van der Waals surface area (Å²) < 4.78 is 47.2. The second-order valence-electron chi connectivity index (χ2n) is 13.0. The molecule has 2 aromatic rings. The number of aromatic nitrogens is 1. The lowest BCUT2D eigenvalue weighted by molar-refractivity contribution is -0.142. The molecule has 2 amide bonds. The first-order valence-corrected chi connectivity index (χ1v) is 15.7. The molecule has 2 saturated carbocycles. The average Bonchev–Trinajstić information content (AvgIpc) is 3.73. The highest BCUT2D eigenvalue weighted by atomic mass is 35.5. The number of cyclic esters (lactones) is 1. The molecule has 0 bridgehead atoms. The largest absolute Gasteiger partial charge is 0.428 e. The molecule has 44 heavy (non-hydrogen) atoms.